The second-order valence-corrected chi connectivity index (χ2v) is 4.95. The van der Waals surface area contributed by atoms with Gasteiger partial charge in [-0.3, -0.25) is 5.10 Å². The quantitative estimate of drug-likeness (QED) is 0.747. The number of anilines is 1. The lowest BCUT2D eigenvalue weighted by molar-refractivity contribution is 0.583. The van der Waals surface area contributed by atoms with Crippen LogP contribution in [0.3, 0.4) is 0 Å². The molecular weight excluding hydrogens is 250 g/mol. The molecule has 0 amide bonds. The first kappa shape index (κ1) is 12.7. The van der Waals surface area contributed by atoms with Crippen LogP contribution in [0.5, 0.6) is 0 Å². The van der Waals surface area contributed by atoms with Gasteiger partial charge < -0.3 is 5.73 Å². The fourth-order valence-corrected chi connectivity index (χ4v) is 2.54. The first-order valence-electron chi connectivity index (χ1n) is 7.02. The Kier molecular flexibility index (Phi) is 3.41. The summed E-state index contributed by atoms with van der Waals surface area (Å²) in [6.07, 6.45) is 2.95. The fourth-order valence-electron chi connectivity index (χ4n) is 2.54. The zero-order valence-corrected chi connectivity index (χ0v) is 11.6. The van der Waals surface area contributed by atoms with E-state index in [2.05, 4.69) is 46.5 Å². The maximum absolute atomic E-state index is 5.91. The number of H-pyrrole nitrogens is 1. The van der Waals surface area contributed by atoms with E-state index in [1.807, 2.05) is 10.7 Å². The van der Waals surface area contributed by atoms with Crippen LogP contribution >= 0.6 is 0 Å². The minimum Gasteiger partial charge on any atom is -0.383 e. The number of rotatable bonds is 5. The van der Waals surface area contributed by atoms with E-state index < -0.39 is 0 Å². The van der Waals surface area contributed by atoms with Gasteiger partial charge in [0.05, 0.1) is 11.1 Å². The molecule has 104 valence electrons. The minimum absolute atomic E-state index is 0.617. The number of aryl methyl sites for hydroxylation is 3. The summed E-state index contributed by atoms with van der Waals surface area (Å²) in [5.74, 6) is 0.617. The van der Waals surface area contributed by atoms with Crippen LogP contribution in [-0.2, 0) is 19.4 Å². The summed E-state index contributed by atoms with van der Waals surface area (Å²) >= 11 is 0. The van der Waals surface area contributed by atoms with E-state index in [9.17, 15) is 0 Å². The molecule has 0 unspecified atom stereocenters. The molecule has 20 heavy (non-hydrogen) atoms. The maximum Gasteiger partial charge on any atom is 0.182 e. The fraction of sp³-hybridized carbons (Fsp3) is 0.333. The van der Waals surface area contributed by atoms with E-state index in [1.54, 1.807) is 0 Å². The summed E-state index contributed by atoms with van der Waals surface area (Å²) in [7, 11) is 0. The molecule has 0 saturated carbocycles. The van der Waals surface area contributed by atoms with Gasteiger partial charge in [0.2, 0.25) is 0 Å². The number of hydrogen-bond donors (Lipinski definition) is 2. The van der Waals surface area contributed by atoms with Gasteiger partial charge in [0.25, 0.3) is 0 Å². The third-order valence-corrected chi connectivity index (χ3v) is 3.56. The van der Waals surface area contributed by atoms with Gasteiger partial charge in [-0.15, -0.1) is 0 Å². The number of nitrogens with one attached hydrogen (secondary N) is 1. The average Bonchev–Trinajstić information content (AvgIpc) is 3.02. The van der Waals surface area contributed by atoms with Crippen LogP contribution in [0.4, 0.5) is 5.82 Å². The monoisotopic (exact) mass is 269 g/mol. The van der Waals surface area contributed by atoms with Crippen molar-refractivity contribution in [2.45, 2.75) is 32.7 Å². The first-order valence-corrected chi connectivity index (χ1v) is 7.02. The summed E-state index contributed by atoms with van der Waals surface area (Å²) in [6, 6.07) is 10.5. The molecular formula is C15H19N5. The SMILES string of the molecule is CCc1nn(CCCc2ccccc2)c2n[nH]c(N)c12. The molecule has 1 aromatic carbocycles. The molecule has 0 spiro atoms. The molecule has 5 nitrogen and oxygen atoms in total. The van der Waals surface area contributed by atoms with E-state index in [0.29, 0.717) is 5.82 Å². The van der Waals surface area contributed by atoms with Gasteiger partial charge in [-0.2, -0.15) is 10.2 Å². The number of nitrogens with zero attached hydrogens (tertiary/aromatic N) is 3. The Morgan fingerprint density at radius 3 is 2.80 bits per heavy atom. The van der Waals surface area contributed by atoms with Crippen molar-refractivity contribution >= 4 is 16.9 Å². The molecule has 3 aromatic rings. The molecule has 0 saturated heterocycles. The van der Waals surface area contributed by atoms with Gasteiger partial charge in [-0.05, 0) is 24.8 Å². The molecule has 0 radical (unpaired) electrons. The van der Waals surface area contributed by atoms with Gasteiger partial charge in [-0.1, -0.05) is 37.3 Å². The predicted octanol–water partition coefficient (Wildman–Crippen LogP) is 2.54. The standard InChI is InChI=1S/C15H19N5/c1-2-12-13-14(16)17-18-15(13)20(19-12)10-6-9-11-7-4-3-5-8-11/h3-5,7-8H,2,6,9-10H2,1H3,(H3,16,17,18). The molecule has 0 fully saturated rings. The van der Waals surface area contributed by atoms with Crippen LogP contribution in [0.25, 0.3) is 11.0 Å². The van der Waals surface area contributed by atoms with E-state index >= 15 is 0 Å². The number of hydrogen-bond acceptors (Lipinski definition) is 3. The predicted molar refractivity (Wildman–Crippen MR) is 80.4 cm³/mol. The van der Waals surface area contributed by atoms with Gasteiger partial charge in [0.1, 0.15) is 5.82 Å². The topological polar surface area (TPSA) is 72.5 Å². The number of fused-ring (bicyclic) bond motifs is 1. The number of aromatic amines is 1. The average molecular weight is 269 g/mol. The number of aromatic nitrogens is 4. The molecule has 0 aliphatic rings. The van der Waals surface area contributed by atoms with Crippen molar-refractivity contribution < 1.29 is 0 Å². The van der Waals surface area contributed by atoms with Crippen LogP contribution in [-0.4, -0.2) is 20.0 Å². The van der Waals surface area contributed by atoms with Gasteiger partial charge >= 0.3 is 0 Å². The van der Waals surface area contributed by atoms with Crippen molar-refractivity contribution in [3.05, 3.63) is 41.6 Å². The van der Waals surface area contributed by atoms with Crippen molar-refractivity contribution in [1.29, 1.82) is 0 Å². The zero-order chi connectivity index (χ0) is 13.9. The highest BCUT2D eigenvalue weighted by Gasteiger charge is 2.14. The lowest BCUT2D eigenvalue weighted by Gasteiger charge is -2.02. The minimum atomic E-state index is 0.617. The highest BCUT2D eigenvalue weighted by Crippen LogP contribution is 2.22. The number of nitrogens with two attached hydrogens (primary N) is 1. The van der Waals surface area contributed by atoms with Crippen LogP contribution in [0.15, 0.2) is 30.3 Å². The second-order valence-electron chi connectivity index (χ2n) is 4.95. The number of nitrogen functional groups attached to an aromatic ring is 1. The lowest BCUT2D eigenvalue weighted by atomic mass is 10.1. The van der Waals surface area contributed by atoms with Gasteiger partial charge in [-0.25, -0.2) is 4.68 Å². The lowest BCUT2D eigenvalue weighted by Crippen LogP contribution is -2.03. The Bertz CT molecular complexity index is 696. The molecule has 0 aliphatic heterocycles. The summed E-state index contributed by atoms with van der Waals surface area (Å²) in [6.45, 7) is 2.94. The Morgan fingerprint density at radius 2 is 2.05 bits per heavy atom. The molecule has 2 heterocycles. The summed E-state index contributed by atoms with van der Waals surface area (Å²) in [5, 5.41) is 12.7. The van der Waals surface area contributed by atoms with Crippen molar-refractivity contribution in [1.82, 2.24) is 20.0 Å². The smallest absolute Gasteiger partial charge is 0.182 e. The molecule has 0 bridgehead atoms. The molecule has 3 N–H and O–H groups in total. The molecule has 5 heteroatoms. The Balaban J connectivity index is 1.75. The highest BCUT2D eigenvalue weighted by molar-refractivity contribution is 5.88. The summed E-state index contributed by atoms with van der Waals surface area (Å²) in [5.41, 5.74) is 9.16. The Morgan fingerprint density at radius 1 is 1.25 bits per heavy atom. The van der Waals surface area contributed by atoms with E-state index in [4.69, 9.17) is 5.73 Å². The summed E-state index contributed by atoms with van der Waals surface area (Å²) < 4.78 is 1.96. The van der Waals surface area contributed by atoms with E-state index in [-0.39, 0.29) is 0 Å². The van der Waals surface area contributed by atoms with Crippen LogP contribution in [0.2, 0.25) is 0 Å². The molecule has 2 aromatic heterocycles. The van der Waals surface area contributed by atoms with Gasteiger partial charge in [0, 0.05) is 6.54 Å². The van der Waals surface area contributed by atoms with Crippen LogP contribution in [0.1, 0.15) is 24.6 Å². The normalized spacial score (nSPS) is 11.2. The van der Waals surface area contributed by atoms with Gasteiger partial charge in [0.15, 0.2) is 5.65 Å². The summed E-state index contributed by atoms with van der Waals surface area (Å²) in [4.78, 5) is 0. The number of benzene rings is 1. The van der Waals surface area contributed by atoms with Crippen LogP contribution < -0.4 is 5.73 Å². The van der Waals surface area contributed by atoms with Crippen molar-refractivity contribution in [3.8, 4) is 0 Å². The van der Waals surface area contributed by atoms with Crippen molar-refractivity contribution in [2.75, 3.05) is 5.73 Å². The molecule has 0 atom stereocenters. The van der Waals surface area contributed by atoms with Crippen molar-refractivity contribution in [3.63, 3.8) is 0 Å². The third kappa shape index (κ3) is 2.27. The maximum atomic E-state index is 5.91. The van der Waals surface area contributed by atoms with Crippen molar-refractivity contribution in [2.24, 2.45) is 0 Å². The Labute approximate surface area is 117 Å². The Hall–Kier alpha value is -2.30. The van der Waals surface area contributed by atoms with E-state index in [0.717, 1.165) is 42.5 Å². The molecule has 0 aliphatic carbocycles. The third-order valence-electron chi connectivity index (χ3n) is 3.56. The second kappa shape index (κ2) is 5.36. The largest absolute Gasteiger partial charge is 0.383 e. The van der Waals surface area contributed by atoms with E-state index in [1.165, 1.54) is 5.56 Å². The highest BCUT2D eigenvalue weighted by atomic mass is 15.3. The first-order chi connectivity index (χ1) is 9.79. The molecule has 3 rings (SSSR count). The zero-order valence-electron chi connectivity index (χ0n) is 11.6. The van der Waals surface area contributed by atoms with Crippen LogP contribution in [0, 0.1) is 0 Å².